The van der Waals surface area contributed by atoms with Crippen LogP contribution < -0.4 is 8.37 Å². The van der Waals surface area contributed by atoms with Crippen molar-refractivity contribution in [2.45, 2.75) is 11.0 Å². The minimum absolute atomic E-state index is 0.125. The summed E-state index contributed by atoms with van der Waals surface area (Å²) in [6.07, 6.45) is 0. The molecule has 0 aromatic heterocycles. The molecule has 6 nitrogen and oxygen atoms in total. The van der Waals surface area contributed by atoms with Crippen LogP contribution in [0.5, 0.6) is 11.5 Å². The second-order valence-electron chi connectivity index (χ2n) is 7.73. The molecule has 0 radical (unpaired) electrons. The standard InChI is InChI=1S/C24H14F6O6S2/c25-23(26,27)37(31,32)35-19-11-9-16-10-12-21(36-38(33,34)24(28,29)30)22(20(16)14-19)18-8-4-7-17(13-18)15-5-2-1-3-6-15/h1-14H. The fraction of sp³-hybridized carbons (Fsp3) is 0.0833. The van der Waals surface area contributed by atoms with Crippen LogP contribution in [0, 0.1) is 0 Å². The van der Waals surface area contributed by atoms with Crippen LogP contribution in [-0.4, -0.2) is 27.9 Å². The van der Waals surface area contributed by atoms with Crippen LogP contribution in [0.4, 0.5) is 26.3 Å². The highest BCUT2D eigenvalue weighted by Gasteiger charge is 2.49. The highest BCUT2D eigenvalue weighted by Crippen LogP contribution is 2.42. The van der Waals surface area contributed by atoms with E-state index in [9.17, 15) is 43.2 Å². The van der Waals surface area contributed by atoms with Crippen molar-refractivity contribution < 1.29 is 51.5 Å². The first-order valence-corrected chi connectivity index (χ1v) is 13.1. The quantitative estimate of drug-likeness (QED) is 0.146. The van der Waals surface area contributed by atoms with Crippen molar-refractivity contribution in [3.63, 3.8) is 0 Å². The first-order chi connectivity index (χ1) is 17.6. The van der Waals surface area contributed by atoms with Crippen molar-refractivity contribution >= 4 is 31.0 Å². The zero-order chi connectivity index (χ0) is 27.9. The molecule has 0 fully saturated rings. The van der Waals surface area contributed by atoms with Crippen LogP contribution in [0.2, 0.25) is 0 Å². The summed E-state index contributed by atoms with van der Waals surface area (Å²) in [6.45, 7) is 0. The third-order valence-corrected chi connectivity index (χ3v) is 7.13. The lowest BCUT2D eigenvalue weighted by Crippen LogP contribution is -2.28. The van der Waals surface area contributed by atoms with Crippen LogP contribution >= 0.6 is 0 Å². The molecule has 0 atom stereocenters. The average molecular weight is 576 g/mol. The van der Waals surface area contributed by atoms with Gasteiger partial charge < -0.3 is 8.37 Å². The highest BCUT2D eigenvalue weighted by molar-refractivity contribution is 7.88. The number of halogens is 6. The summed E-state index contributed by atoms with van der Waals surface area (Å²) in [5, 5.41) is 0.0681. The molecule has 0 aliphatic rings. The summed E-state index contributed by atoms with van der Waals surface area (Å²) in [5.41, 5.74) is -10.4. The molecular formula is C24H14F6O6S2. The molecule has 4 aromatic carbocycles. The SMILES string of the molecule is O=S(=O)(Oc1ccc2ccc(OS(=O)(=O)C(F)(F)F)c(-c3cccc(-c4ccccc4)c3)c2c1)C(F)(F)F. The van der Waals surface area contributed by atoms with Gasteiger partial charge in [-0.3, -0.25) is 0 Å². The third kappa shape index (κ3) is 5.41. The lowest BCUT2D eigenvalue weighted by atomic mass is 9.94. The van der Waals surface area contributed by atoms with Crippen molar-refractivity contribution in [3.8, 4) is 33.8 Å². The Bertz CT molecular complexity index is 1710. The number of rotatable bonds is 6. The van der Waals surface area contributed by atoms with Crippen molar-refractivity contribution in [1.29, 1.82) is 0 Å². The maximum absolute atomic E-state index is 13.1. The first kappa shape index (κ1) is 27.3. The van der Waals surface area contributed by atoms with Gasteiger partial charge in [0.2, 0.25) is 0 Å². The van der Waals surface area contributed by atoms with Crippen LogP contribution in [-0.2, 0) is 20.2 Å². The number of hydrogen-bond donors (Lipinski definition) is 0. The van der Waals surface area contributed by atoms with E-state index in [1.165, 1.54) is 18.2 Å². The first-order valence-electron chi connectivity index (χ1n) is 10.3. The summed E-state index contributed by atoms with van der Waals surface area (Å²) in [6, 6.07) is 19.8. The Balaban J connectivity index is 1.97. The molecule has 0 bridgehead atoms. The van der Waals surface area contributed by atoms with Gasteiger partial charge in [-0.2, -0.15) is 43.2 Å². The Morgan fingerprint density at radius 2 is 1.11 bits per heavy atom. The van der Waals surface area contributed by atoms with E-state index >= 15 is 0 Å². The van der Waals surface area contributed by atoms with Gasteiger partial charge in [0.25, 0.3) is 0 Å². The summed E-state index contributed by atoms with van der Waals surface area (Å²) >= 11 is 0. The van der Waals surface area contributed by atoms with Gasteiger partial charge in [0, 0.05) is 5.56 Å². The van der Waals surface area contributed by atoms with Crippen molar-refractivity contribution in [3.05, 3.63) is 84.9 Å². The Hall–Kier alpha value is -3.78. The van der Waals surface area contributed by atoms with E-state index in [0.717, 1.165) is 30.3 Å². The molecule has 0 saturated heterocycles. The molecule has 0 spiro atoms. The van der Waals surface area contributed by atoms with E-state index in [2.05, 4.69) is 8.37 Å². The predicted molar refractivity (Wildman–Crippen MR) is 126 cm³/mol. The molecule has 4 aromatic rings. The molecule has 14 heteroatoms. The Morgan fingerprint density at radius 1 is 0.553 bits per heavy atom. The molecule has 0 heterocycles. The van der Waals surface area contributed by atoms with Gasteiger partial charge in [-0.25, -0.2) is 0 Å². The second-order valence-corrected chi connectivity index (χ2v) is 10.8. The predicted octanol–water partition coefficient (Wildman–Crippen LogP) is 6.63. The second kappa shape index (κ2) is 9.51. The summed E-state index contributed by atoms with van der Waals surface area (Å²) in [7, 11) is -12.2. The van der Waals surface area contributed by atoms with Crippen LogP contribution in [0.15, 0.2) is 84.9 Å². The van der Waals surface area contributed by atoms with Gasteiger partial charge in [-0.15, -0.1) is 0 Å². The topological polar surface area (TPSA) is 86.7 Å². The van der Waals surface area contributed by atoms with E-state index in [4.69, 9.17) is 0 Å². The van der Waals surface area contributed by atoms with Gasteiger partial charge in [0.15, 0.2) is 5.75 Å². The van der Waals surface area contributed by atoms with E-state index in [1.54, 1.807) is 36.4 Å². The average Bonchev–Trinajstić information content (AvgIpc) is 2.82. The summed E-state index contributed by atoms with van der Waals surface area (Å²) < 4.78 is 133. The number of hydrogen-bond acceptors (Lipinski definition) is 6. The van der Waals surface area contributed by atoms with E-state index < -0.39 is 42.8 Å². The maximum Gasteiger partial charge on any atom is 0.534 e. The maximum atomic E-state index is 13.1. The lowest BCUT2D eigenvalue weighted by molar-refractivity contribution is -0.0504. The summed E-state index contributed by atoms with van der Waals surface area (Å²) in [4.78, 5) is 0. The largest absolute Gasteiger partial charge is 0.534 e. The van der Waals surface area contributed by atoms with Gasteiger partial charge in [0.1, 0.15) is 5.75 Å². The van der Waals surface area contributed by atoms with E-state index in [-0.39, 0.29) is 21.9 Å². The molecular weight excluding hydrogens is 562 g/mol. The van der Waals surface area contributed by atoms with Crippen LogP contribution in [0.1, 0.15) is 0 Å². The van der Waals surface area contributed by atoms with E-state index in [0.29, 0.717) is 11.1 Å². The van der Waals surface area contributed by atoms with Gasteiger partial charge >= 0.3 is 31.3 Å². The smallest absolute Gasteiger partial charge is 0.376 e. The number of alkyl halides is 6. The number of fused-ring (bicyclic) bond motifs is 1. The highest BCUT2D eigenvalue weighted by atomic mass is 32.2. The monoisotopic (exact) mass is 576 g/mol. The molecule has 4 rings (SSSR count). The molecule has 0 aliphatic carbocycles. The summed E-state index contributed by atoms with van der Waals surface area (Å²) in [5.74, 6) is -1.61. The van der Waals surface area contributed by atoms with Crippen LogP contribution in [0.25, 0.3) is 33.0 Å². The van der Waals surface area contributed by atoms with Gasteiger partial charge in [-0.05, 0) is 51.7 Å². The molecule has 38 heavy (non-hydrogen) atoms. The fourth-order valence-corrected chi connectivity index (χ4v) is 4.44. The Kier molecular flexibility index (Phi) is 6.82. The lowest BCUT2D eigenvalue weighted by Gasteiger charge is -2.17. The Morgan fingerprint density at radius 3 is 1.74 bits per heavy atom. The molecule has 0 unspecified atom stereocenters. The molecule has 200 valence electrons. The van der Waals surface area contributed by atoms with E-state index in [1.807, 2.05) is 0 Å². The zero-order valence-corrected chi connectivity index (χ0v) is 20.2. The number of benzene rings is 4. The third-order valence-electron chi connectivity index (χ3n) is 5.19. The normalized spacial score (nSPS) is 12.9. The molecule has 0 aliphatic heterocycles. The van der Waals surface area contributed by atoms with Crippen molar-refractivity contribution in [2.24, 2.45) is 0 Å². The zero-order valence-electron chi connectivity index (χ0n) is 18.6. The van der Waals surface area contributed by atoms with Gasteiger partial charge in [0.05, 0.1) is 0 Å². The molecule has 0 N–H and O–H groups in total. The fourth-order valence-electron chi connectivity index (χ4n) is 3.52. The van der Waals surface area contributed by atoms with Crippen molar-refractivity contribution in [1.82, 2.24) is 0 Å². The minimum atomic E-state index is -6.15. The van der Waals surface area contributed by atoms with Crippen molar-refractivity contribution in [2.75, 3.05) is 0 Å². The molecule has 0 amide bonds. The minimum Gasteiger partial charge on any atom is -0.376 e. The molecule has 0 saturated carbocycles. The Labute approximate surface area is 212 Å². The van der Waals surface area contributed by atoms with Crippen LogP contribution in [0.3, 0.4) is 0 Å². The van der Waals surface area contributed by atoms with Gasteiger partial charge in [-0.1, -0.05) is 60.7 Å².